The third kappa shape index (κ3) is 4.95. The van der Waals surface area contributed by atoms with Gasteiger partial charge in [0.25, 0.3) is 5.56 Å². The molecule has 0 aliphatic heterocycles. The van der Waals surface area contributed by atoms with Crippen LogP contribution in [0.2, 0.25) is 0 Å². The van der Waals surface area contributed by atoms with Gasteiger partial charge in [-0.2, -0.15) is 0 Å². The van der Waals surface area contributed by atoms with E-state index in [0.717, 1.165) is 9.87 Å². The summed E-state index contributed by atoms with van der Waals surface area (Å²) in [6.07, 6.45) is 3.49. The van der Waals surface area contributed by atoms with Crippen LogP contribution in [0, 0.1) is 0 Å². The second-order valence-corrected chi connectivity index (χ2v) is 9.24. The van der Waals surface area contributed by atoms with Crippen LogP contribution in [0.3, 0.4) is 0 Å². The van der Waals surface area contributed by atoms with E-state index in [1.165, 1.54) is 43.3 Å². The van der Waals surface area contributed by atoms with Crippen molar-refractivity contribution in [3.63, 3.8) is 0 Å². The Bertz CT molecular complexity index is 1210. The predicted molar refractivity (Wildman–Crippen MR) is 118 cm³/mol. The van der Waals surface area contributed by atoms with E-state index in [1.807, 2.05) is 12.1 Å². The molecule has 0 aliphatic carbocycles. The molecule has 0 N–H and O–H groups in total. The van der Waals surface area contributed by atoms with Crippen LogP contribution in [0.1, 0.15) is 5.56 Å². The number of benzene rings is 2. The molecule has 0 saturated heterocycles. The standard InChI is InChI=1S/C22H25N3O5S/c1-24(2)31(27,28)20-7-5-6-17(12-20)21-14-23-15-25(22(21)26)9-8-16-10-18(29-3)13-19(11-16)30-4/h5-7,10-15H,8-9H2,1-4H3. The van der Waals surface area contributed by atoms with Crippen LogP contribution in [0.25, 0.3) is 11.1 Å². The van der Waals surface area contributed by atoms with E-state index < -0.39 is 10.0 Å². The van der Waals surface area contributed by atoms with Gasteiger partial charge in [0.15, 0.2) is 0 Å². The number of sulfonamides is 1. The maximum atomic E-state index is 13.0. The molecule has 3 rings (SSSR count). The summed E-state index contributed by atoms with van der Waals surface area (Å²) in [4.78, 5) is 17.3. The van der Waals surface area contributed by atoms with Gasteiger partial charge in [-0.05, 0) is 41.8 Å². The molecule has 1 heterocycles. The maximum absolute atomic E-state index is 13.0. The summed E-state index contributed by atoms with van der Waals surface area (Å²) in [6.45, 7) is 0.395. The number of nitrogens with zero attached hydrogens (tertiary/aromatic N) is 3. The van der Waals surface area contributed by atoms with Crippen molar-refractivity contribution in [1.82, 2.24) is 13.9 Å². The van der Waals surface area contributed by atoms with Gasteiger partial charge in [-0.15, -0.1) is 0 Å². The van der Waals surface area contributed by atoms with Crippen molar-refractivity contribution in [2.75, 3.05) is 28.3 Å². The maximum Gasteiger partial charge on any atom is 0.261 e. The van der Waals surface area contributed by atoms with Crippen LogP contribution < -0.4 is 15.0 Å². The third-order valence-electron chi connectivity index (χ3n) is 4.88. The molecular weight excluding hydrogens is 418 g/mol. The van der Waals surface area contributed by atoms with Crippen molar-refractivity contribution in [2.24, 2.45) is 0 Å². The SMILES string of the molecule is COc1cc(CCn2cncc(-c3cccc(S(=O)(=O)N(C)C)c3)c2=O)cc(OC)c1. The van der Waals surface area contributed by atoms with Gasteiger partial charge in [-0.3, -0.25) is 9.36 Å². The van der Waals surface area contributed by atoms with E-state index in [-0.39, 0.29) is 10.5 Å². The van der Waals surface area contributed by atoms with Crippen molar-refractivity contribution in [2.45, 2.75) is 17.9 Å². The number of hydrogen-bond donors (Lipinski definition) is 0. The van der Waals surface area contributed by atoms with Gasteiger partial charge in [0, 0.05) is 32.9 Å². The van der Waals surface area contributed by atoms with E-state index in [0.29, 0.717) is 35.6 Å². The van der Waals surface area contributed by atoms with Crippen LogP contribution >= 0.6 is 0 Å². The molecule has 0 spiro atoms. The van der Waals surface area contributed by atoms with Gasteiger partial charge in [0.2, 0.25) is 10.0 Å². The Kier molecular flexibility index (Phi) is 6.77. The highest BCUT2D eigenvalue weighted by molar-refractivity contribution is 7.89. The largest absolute Gasteiger partial charge is 0.497 e. The van der Waals surface area contributed by atoms with Gasteiger partial charge in [-0.25, -0.2) is 17.7 Å². The molecule has 164 valence electrons. The van der Waals surface area contributed by atoms with E-state index >= 15 is 0 Å². The Labute approximate surface area is 181 Å². The minimum atomic E-state index is -3.61. The first-order chi connectivity index (χ1) is 14.8. The molecule has 0 amide bonds. The molecule has 8 nitrogen and oxygen atoms in total. The second kappa shape index (κ2) is 9.32. The van der Waals surface area contributed by atoms with Crippen LogP contribution in [-0.4, -0.2) is 50.6 Å². The first-order valence-electron chi connectivity index (χ1n) is 9.55. The smallest absolute Gasteiger partial charge is 0.261 e. The van der Waals surface area contributed by atoms with Crippen molar-refractivity contribution in [3.05, 3.63) is 70.9 Å². The fourth-order valence-electron chi connectivity index (χ4n) is 3.10. The third-order valence-corrected chi connectivity index (χ3v) is 6.69. The summed E-state index contributed by atoms with van der Waals surface area (Å²) in [5.74, 6) is 1.35. The first-order valence-corrected chi connectivity index (χ1v) is 11.0. The highest BCUT2D eigenvalue weighted by Crippen LogP contribution is 2.23. The van der Waals surface area contributed by atoms with Crippen molar-refractivity contribution < 1.29 is 17.9 Å². The highest BCUT2D eigenvalue weighted by Gasteiger charge is 2.18. The quantitative estimate of drug-likeness (QED) is 0.531. The zero-order valence-corrected chi connectivity index (χ0v) is 18.7. The molecule has 0 unspecified atom stereocenters. The molecular formula is C22H25N3O5S. The fourth-order valence-corrected chi connectivity index (χ4v) is 4.05. The first kappa shape index (κ1) is 22.5. The molecule has 31 heavy (non-hydrogen) atoms. The number of hydrogen-bond acceptors (Lipinski definition) is 6. The van der Waals surface area contributed by atoms with Crippen molar-refractivity contribution in [3.8, 4) is 22.6 Å². The summed E-state index contributed by atoms with van der Waals surface area (Å²) in [7, 11) is 2.49. The minimum absolute atomic E-state index is 0.119. The summed E-state index contributed by atoms with van der Waals surface area (Å²) < 4.78 is 38.1. The minimum Gasteiger partial charge on any atom is -0.497 e. The van der Waals surface area contributed by atoms with E-state index in [4.69, 9.17) is 9.47 Å². The van der Waals surface area contributed by atoms with Gasteiger partial charge >= 0.3 is 0 Å². The number of aryl methyl sites for hydroxylation is 2. The molecule has 0 radical (unpaired) electrons. The van der Waals surface area contributed by atoms with Gasteiger partial charge in [0.1, 0.15) is 11.5 Å². The van der Waals surface area contributed by atoms with Crippen LogP contribution in [0.5, 0.6) is 11.5 Å². The Hall–Kier alpha value is -3.17. The topological polar surface area (TPSA) is 90.7 Å². The molecule has 0 fully saturated rings. The Morgan fingerprint density at radius 2 is 1.71 bits per heavy atom. The zero-order chi connectivity index (χ0) is 22.6. The van der Waals surface area contributed by atoms with Gasteiger partial charge in [0.05, 0.1) is 31.0 Å². The summed E-state index contributed by atoms with van der Waals surface area (Å²) in [6, 6.07) is 11.9. The molecule has 0 aliphatic rings. The highest BCUT2D eigenvalue weighted by atomic mass is 32.2. The summed E-state index contributed by atoms with van der Waals surface area (Å²) in [5.41, 5.74) is 1.54. The van der Waals surface area contributed by atoms with E-state index in [1.54, 1.807) is 32.4 Å². The normalized spacial score (nSPS) is 11.5. The summed E-state index contributed by atoms with van der Waals surface area (Å²) >= 11 is 0. The molecule has 1 aromatic heterocycles. The Morgan fingerprint density at radius 3 is 2.32 bits per heavy atom. The molecule has 0 bridgehead atoms. The average molecular weight is 444 g/mol. The molecule has 9 heteroatoms. The monoisotopic (exact) mass is 443 g/mol. The lowest BCUT2D eigenvalue weighted by Crippen LogP contribution is -2.24. The molecule has 0 saturated carbocycles. The Morgan fingerprint density at radius 1 is 1.03 bits per heavy atom. The number of methoxy groups -OCH3 is 2. The predicted octanol–water partition coefficient (Wildman–Crippen LogP) is 2.42. The van der Waals surface area contributed by atoms with Crippen LogP contribution in [-0.2, 0) is 23.0 Å². The lowest BCUT2D eigenvalue weighted by molar-refractivity contribution is 0.393. The zero-order valence-electron chi connectivity index (χ0n) is 17.9. The second-order valence-electron chi connectivity index (χ2n) is 7.09. The van der Waals surface area contributed by atoms with Crippen molar-refractivity contribution >= 4 is 10.0 Å². The van der Waals surface area contributed by atoms with Crippen LogP contribution in [0.15, 0.2) is 64.7 Å². The molecule has 0 atom stereocenters. The molecule has 2 aromatic carbocycles. The number of aromatic nitrogens is 2. The lowest BCUT2D eigenvalue weighted by Gasteiger charge is -2.13. The van der Waals surface area contributed by atoms with E-state index in [2.05, 4.69) is 4.98 Å². The van der Waals surface area contributed by atoms with Crippen molar-refractivity contribution in [1.29, 1.82) is 0 Å². The average Bonchev–Trinajstić information content (AvgIpc) is 2.78. The number of rotatable bonds is 8. The fraction of sp³-hybridized carbons (Fsp3) is 0.273. The van der Waals surface area contributed by atoms with Gasteiger partial charge in [-0.1, -0.05) is 12.1 Å². The lowest BCUT2D eigenvalue weighted by atomic mass is 10.1. The van der Waals surface area contributed by atoms with Gasteiger partial charge < -0.3 is 9.47 Å². The summed E-state index contributed by atoms with van der Waals surface area (Å²) in [5, 5.41) is 0. The molecule has 3 aromatic rings. The number of ether oxygens (including phenoxy) is 2. The van der Waals surface area contributed by atoms with E-state index in [9.17, 15) is 13.2 Å². The van der Waals surface area contributed by atoms with Crippen LogP contribution in [0.4, 0.5) is 0 Å². The Balaban J connectivity index is 1.91.